The Kier molecular flexibility index (Phi) is 6.14. The molecule has 2 N–H and O–H groups in total. The number of carboxylic acids is 1. The molecule has 6 rings (SSSR count). The van der Waals surface area contributed by atoms with Gasteiger partial charge in [0, 0.05) is 25.1 Å². The maximum Gasteiger partial charge on any atom is 0.335 e. The van der Waals surface area contributed by atoms with Gasteiger partial charge in [-0.05, 0) is 67.4 Å². The van der Waals surface area contributed by atoms with Crippen LogP contribution in [-0.2, 0) is 14.3 Å². The molecule has 2 heterocycles. The van der Waals surface area contributed by atoms with E-state index in [1.807, 2.05) is 6.08 Å². The van der Waals surface area contributed by atoms with Crippen LogP contribution in [0.1, 0.15) is 33.1 Å². The monoisotopic (exact) mass is 480 g/mol. The molecule has 1 fully saturated rings. The first-order valence-electron chi connectivity index (χ1n) is 11.8. The lowest BCUT2D eigenvalue weighted by Crippen LogP contribution is -2.48. The van der Waals surface area contributed by atoms with Crippen molar-refractivity contribution in [1.29, 1.82) is 0 Å². The summed E-state index contributed by atoms with van der Waals surface area (Å²) in [6, 6.07) is 5.15. The Labute approximate surface area is 202 Å². The van der Waals surface area contributed by atoms with Gasteiger partial charge < -0.3 is 19.9 Å². The van der Waals surface area contributed by atoms with E-state index in [1.165, 1.54) is 0 Å². The van der Waals surface area contributed by atoms with E-state index in [1.54, 1.807) is 32.0 Å². The highest BCUT2D eigenvalue weighted by atomic mass is 16.6. The number of ether oxygens (including phenoxy) is 2. The zero-order chi connectivity index (χ0) is 24.6. The Balaban J connectivity index is 1.18. The largest absolute Gasteiger partial charge is 0.479 e. The number of allylic oxidation sites excluding steroid dienone is 1. The number of carboxylic acid groups (broad SMARTS) is 1. The number of hydrogen-bond donors (Lipinski definition) is 2. The van der Waals surface area contributed by atoms with Crippen LogP contribution in [0.4, 0.5) is 0 Å². The summed E-state index contributed by atoms with van der Waals surface area (Å²) in [7, 11) is 0. The molecule has 10 nitrogen and oxygen atoms in total. The zero-order valence-electron chi connectivity index (χ0n) is 19.6. The number of dihydropyridines is 1. The maximum atomic E-state index is 13.1. The predicted octanol–water partition coefficient (Wildman–Crippen LogP) is 2.91. The summed E-state index contributed by atoms with van der Waals surface area (Å²) in [6.07, 6.45) is 8.26. The highest BCUT2D eigenvalue weighted by Gasteiger charge is 2.43. The quantitative estimate of drug-likeness (QED) is 0.578. The summed E-state index contributed by atoms with van der Waals surface area (Å²) in [6.45, 7) is 4.23. The third-order valence-corrected chi connectivity index (χ3v) is 6.90. The molecule has 1 amide bonds. The molecule has 1 aliphatic heterocycles. The SMILES string of the molecule is CC(C)(OC1CC2C=CC1CC2CNC(=O)C1=CCCN=C1Oc1ccc2nonc2c1)C(=O)O. The number of nitrogens with one attached hydrogen (secondary N) is 1. The summed E-state index contributed by atoms with van der Waals surface area (Å²) in [5, 5.41) is 20.0. The van der Waals surface area contributed by atoms with Gasteiger partial charge in [-0.25, -0.2) is 9.42 Å². The fourth-order valence-electron chi connectivity index (χ4n) is 4.91. The van der Waals surface area contributed by atoms with E-state index < -0.39 is 11.6 Å². The van der Waals surface area contributed by atoms with Gasteiger partial charge in [-0.2, -0.15) is 0 Å². The van der Waals surface area contributed by atoms with Gasteiger partial charge in [0.1, 0.15) is 16.8 Å². The summed E-state index contributed by atoms with van der Waals surface area (Å²) < 4.78 is 16.6. The van der Waals surface area contributed by atoms with Crippen LogP contribution in [0.5, 0.6) is 5.75 Å². The summed E-state index contributed by atoms with van der Waals surface area (Å²) in [5.74, 6) is 0.201. The van der Waals surface area contributed by atoms with E-state index in [9.17, 15) is 14.7 Å². The van der Waals surface area contributed by atoms with Crippen LogP contribution in [0.3, 0.4) is 0 Å². The first-order valence-corrected chi connectivity index (χ1v) is 11.8. The summed E-state index contributed by atoms with van der Waals surface area (Å²) >= 11 is 0. The van der Waals surface area contributed by atoms with Gasteiger partial charge in [0.25, 0.3) is 5.91 Å². The number of hydrogen-bond acceptors (Lipinski definition) is 8. The van der Waals surface area contributed by atoms with Crippen molar-refractivity contribution in [2.75, 3.05) is 13.1 Å². The van der Waals surface area contributed by atoms with Gasteiger partial charge in [-0.1, -0.05) is 18.2 Å². The van der Waals surface area contributed by atoms with Gasteiger partial charge in [0.05, 0.1) is 11.7 Å². The Morgan fingerprint density at radius 2 is 1.97 bits per heavy atom. The van der Waals surface area contributed by atoms with Crippen molar-refractivity contribution in [2.45, 2.75) is 44.8 Å². The second-order valence-corrected chi connectivity index (χ2v) is 9.74. The molecule has 4 aliphatic rings. The van der Waals surface area contributed by atoms with Gasteiger partial charge >= 0.3 is 5.97 Å². The molecule has 4 atom stereocenters. The van der Waals surface area contributed by atoms with Crippen molar-refractivity contribution in [3.05, 3.63) is 42.0 Å². The minimum Gasteiger partial charge on any atom is -0.479 e. The fourth-order valence-corrected chi connectivity index (χ4v) is 4.91. The van der Waals surface area contributed by atoms with Crippen molar-refractivity contribution < 1.29 is 28.8 Å². The van der Waals surface area contributed by atoms with Crippen molar-refractivity contribution in [2.24, 2.45) is 22.7 Å². The van der Waals surface area contributed by atoms with E-state index >= 15 is 0 Å². The van der Waals surface area contributed by atoms with E-state index in [2.05, 4.69) is 32.8 Å². The normalized spacial score (nSPS) is 25.8. The number of benzene rings is 1. The molecular formula is C25H28N4O6. The van der Waals surface area contributed by atoms with Crippen LogP contribution in [0.15, 0.2) is 51.6 Å². The van der Waals surface area contributed by atoms with Gasteiger partial charge in [0.15, 0.2) is 5.60 Å². The van der Waals surface area contributed by atoms with Crippen molar-refractivity contribution >= 4 is 28.8 Å². The number of aliphatic imine (C=N–C) groups is 1. The minimum absolute atomic E-state index is 0.131. The van der Waals surface area contributed by atoms with E-state index in [0.717, 1.165) is 12.8 Å². The van der Waals surface area contributed by atoms with Crippen LogP contribution in [0.2, 0.25) is 0 Å². The number of aliphatic carboxylic acids is 1. The molecule has 0 saturated heterocycles. The van der Waals surface area contributed by atoms with Crippen LogP contribution >= 0.6 is 0 Å². The van der Waals surface area contributed by atoms with Crippen LogP contribution in [0, 0.1) is 17.8 Å². The summed E-state index contributed by atoms with van der Waals surface area (Å²) in [5.41, 5.74) is 0.364. The Hall–Kier alpha value is -3.53. The van der Waals surface area contributed by atoms with E-state index in [4.69, 9.17) is 14.1 Å². The fraction of sp³-hybridized carbons (Fsp3) is 0.480. The molecule has 2 bridgehead atoms. The predicted molar refractivity (Wildman–Crippen MR) is 126 cm³/mol. The lowest BCUT2D eigenvalue weighted by atomic mass is 9.67. The Morgan fingerprint density at radius 1 is 1.17 bits per heavy atom. The molecule has 1 saturated carbocycles. The van der Waals surface area contributed by atoms with E-state index in [0.29, 0.717) is 41.9 Å². The molecule has 10 heteroatoms. The van der Waals surface area contributed by atoms with Gasteiger partial charge in [0.2, 0.25) is 5.90 Å². The van der Waals surface area contributed by atoms with Crippen LogP contribution < -0.4 is 10.1 Å². The molecular weight excluding hydrogens is 452 g/mol. The number of fused-ring (bicyclic) bond motifs is 3. The minimum atomic E-state index is -1.22. The average molecular weight is 481 g/mol. The molecule has 3 aliphatic carbocycles. The smallest absolute Gasteiger partial charge is 0.335 e. The van der Waals surface area contributed by atoms with Crippen molar-refractivity contribution in [3.63, 3.8) is 0 Å². The third-order valence-electron chi connectivity index (χ3n) is 6.90. The molecule has 1 aromatic heterocycles. The Morgan fingerprint density at radius 3 is 2.74 bits per heavy atom. The number of aromatic nitrogens is 2. The maximum absolute atomic E-state index is 13.1. The Bertz CT molecular complexity index is 1230. The average Bonchev–Trinajstić information content (AvgIpc) is 3.31. The lowest BCUT2D eigenvalue weighted by molar-refractivity contribution is -0.175. The number of rotatable bonds is 7. The molecule has 2 aromatic rings. The molecule has 1 aromatic carbocycles. The van der Waals surface area contributed by atoms with Crippen LogP contribution in [0.25, 0.3) is 11.0 Å². The lowest BCUT2D eigenvalue weighted by Gasteiger charge is -2.45. The highest BCUT2D eigenvalue weighted by Crippen LogP contribution is 2.43. The zero-order valence-corrected chi connectivity index (χ0v) is 19.6. The van der Waals surface area contributed by atoms with Gasteiger partial charge in [-0.15, -0.1) is 0 Å². The number of carbonyl (C=O) groups excluding carboxylic acids is 1. The highest BCUT2D eigenvalue weighted by molar-refractivity contribution is 6.19. The molecule has 0 spiro atoms. The molecule has 4 unspecified atom stereocenters. The van der Waals surface area contributed by atoms with Crippen molar-refractivity contribution in [3.8, 4) is 5.75 Å². The first-order chi connectivity index (χ1) is 16.8. The van der Waals surface area contributed by atoms with Gasteiger partial charge in [-0.3, -0.25) is 9.79 Å². The number of nitrogens with zero attached hydrogens (tertiary/aromatic N) is 3. The third kappa shape index (κ3) is 4.84. The second kappa shape index (κ2) is 9.26. The standard InChI is InChI=1S/C25H28N4O6/c1-25(2,24(31)32)34-21-11-14-5-6-15(21)10-16(14)13-27-22(30)18-4-3-9-26-23(18)33-17-7-8-19-20(12-17)29-35-28-19/h4-8,12,14-16,21H,3,9-11,13H2,1-2H3,(H,27,30)(H,31,32). The second-order valence-electron chi connectivity index (χ2n) is 9.74. The molecule has 184 valence electrons. The van der Waals surface area contributed by atoms with E-state index in [-0.39, 0.29) is 35.7 Å². The van der Waals surface area contributed by atoms with Crippen LogP contribution in [-0.4, -0.2) is 58.0 Å². The summed E-state index contributed by atoms with van der Waals surface area (Å²) in [4.78, 5) is 28.9. The number of carbonyl (C=O) groups is 2. The molecule has 35 heavy (non-hydrogen) atoms. The number of amides is 1. The van der Waals surface area contributed by atoms with Crippen molar-refractivity contribution in [1.82, 2.24) is 15.6 Å². The molecule has 0 radical (unpaired) electrons. The first kappa shape index (κ1) is 23.2. The topological polar surface area (TPSA) is 136 Å².